The fraction of sp³-hybridized carbons (Fsp3) is 0.125. The summed E-state index contributed by atoms with van der Waals surface area (Å²) in [5.41, 5.74) is 1.61. The van der Waals surface area contributed by atoms with Crippen LogP contribution in [0.5, 0.6) is 0 Å². The highest BCUT2D eigenvalue weighted by atomic mass is 35.5. The fourth-order valence-corrected chi connectivity index (χ4v) is 4.32. The minimum absolute atomic E-state index is 0.0781. The summed E-state index contributed by atoms with van der Waals surface area (Å²) in [4.78, 5) is 8.81. The molecule has 0 radical (unpaired) electrons. The van der Waals surface area contributed by atoms with Crippen molar-refractivity contribution in [3.8, 4) is 10.7 Å². The minimum Gasteiger partial charge on any atom is -0.254 e. The molecule has 0 saturated heterocycles. The minimum atomic E-state index is -3.64. The molecule has 3 aromatic rings. The van der Waals surface area contributed by atoms with Crippen molar-refractivity contribution in [2.45, 2.75) is 11.3 Å². The first kappa shape index (κ1) is 18.3. The monoisotopic (exact) mass is 413 g/mol. The number of hydrogen-bond acceptors (Lipinski definition) is 5. The van der Waals surface area contributed by atoms with Gasteiger partial charge in [-0.2, -0.15) is 0 Å². The molecule has 25 heavy (non-hydrogen) atoms. The normalized spacial score (nSPS) is 11.6. The van der Waals surface area contributed by atoms with E-state index in [0.717, 1.165) is 16.4 Å². The molecule has 0 aliphatic rings. The Morgan fingerprint density at radius 3 is 2.68 bits per heavy atom. The second kappa shape index (κ2) is 7.80. The van der Waals surface area contributed by atoms with E-state index < -0.39 is 10.0 Å². The molecule has 0 fully saturated rings. The van der Waals surface area contributed by atoms with Crippen molar-refractivity contribution in [1.82, 2.24) is 14.7 Å². The summed E-state index contributed by atoms with van der Waals surface area (Å²) in [6.07, 6.45) is 2.19. The smallest absolute Gasteiger partial charge is 0.240 e. The topological polar surface area (TPSA) is 72.0 Å². The van der Waals surface area contributed by atoms with Gasteiger partial charge in [0.25, 0.3) is 0 Å². The Labute approximate surface area is 159 Å². The van der Waals surface area contributed by atoms with Gasteiger partial charge < -0.3 is 0 Å². The molecule has 0 saturated carbocycles. The van der Waals surface area contributed by atoms with E-state index in [0.29, 0.717) is 11.4 Å². The first-order valence-electron chi connectivity index (χ1n) is 7.26. The largest absolute Gasteiger partial charge is 0.254 e. The quantitative estimate of drug-likeness (QED) is 0.661. The van der Waals surface area contributed by atoms with Crippen molar-refractivity contribution in [2.24, 2.45) is 0 Å². The van der Waals surface area contributed by atoms with E-state index in [-0.39, 0.29) is 16.5 Å². The standard InChI is InChI=1S/C16H13Cl2N3O2S2/c17-13-5-4-12(9-14(13)18)25(22,23)20-8-6-11-10-24-16(21-11)15-3-1-2-7-19-15/h1-5,7,9-10,20H,6,8H2. The Bertz CT molecular complexity index is 976. The summed E-state index contributed by atoms with van der Waals surface area (Å²) in [6.45, 7) is 0.230. The van der Waals surface area contributed by atoms with Gasteiger partial charge in [-0.1, -0.05) is 29.3 Å². The van der Waals surface area contributed by atoms with Gasteiger partial charge >= 0.3 is 0 Å². The van der Waals surface area contributed by atoms with Crippen LogP contribution in [0, 0.1) is 0 Å². The van der Waals surface area contributed by atoms with Crippen LogP contribution >= 0.6 is 34.5 Å². The highest BCUT2D eigenvalue weighted by Gasteiger charge is 2.15. The molecule has 3 rings (SSSR count). The number of thiazole rings is 1. The molecule has 0 amide bonds. The summed E-state index contributed by atoms with van der Waals surface area (Å²) >= 11 is 13.2. The molecular formula is C16H13Cl2N3O2S2. The van der Waals surface area contributed by atoms with Gasteiger partial charge in [-0.15, -0.1) is 11.3 Å². The predicted octanol–water partition coefficient (Wildman–Crippen LogP) is 4.03. The molecule has 2 heterocycles. The number of aromatic nitrogens is 2. The van der Waals surface area contributed by atoms with Gasteiger partial charge in [-0.05, 0) is 30.3 Å². The molecule has 0 unspecified atom stereocenters. The summed E-state index contributed by atoms with van der Waals surface area (Å²) in [5, 5.41) is 3.22. The van der Waals surface area contributed by atoms with Crippen LogP contribution in [0.3, 0.4) is 0 Å². The SMILES string of the molecule is O=S(=O)(NCCc1csc(-c2ccccn2)n1)c1ccc(Cl)c(Cl)c1. The first-order chi connectivity index (χ1) is 12.0. The van der Waals surface area contributed by atoms with Gasteiger partial charge in [-0.25, -0.2) is 18.1 Å². The molecular weight excluding hydrogens is 401 g/mol. The van der Waals surface area contributed by atoms with E-state index in [4.69, 9.17) is 23.2 Å². The van der Waals surface area contributed by atoms with E-state index in [1.807, 2.05) is 23.6 Å². The summed E-state index contributed by atoms with van der Waals surface area (Å²) < 4.78 is 27.1. The van der Waals surface area contributed by atoms with E-state index in [9.17, 15) is 8.42 Å². The fourth-order valence-electron chi connectivity index (χ4n) is 2.07. The van der Waals surface area contributed by atoms with Gasteiger partial charge in [0, 0.05) is 24.5 Å². The third-order valence-corrected chi connectivity index (χ3v) is 6.42. The predicted molar refractivity (Wildman–Crippen MR) is 101 cm³/mol. The highest BCUT2D eigenvalue weighted by Crippen LogP contribution is 2.25. The third kappa shape index (κ3) is 4.56. The molecule has 0 aliphatic carbocycles. The van der Waals surface area contributed by atoms with Crippen LogP contribution in [-0.2, 0) is 16.4 Å². The van der Waals surface area contributed by atoms with Crippen LogP contribution in [0.15, 0.2) is 52.9 Å². The van der Waals surface area contributed by atoms with Crippen molar-refractivity contribution in [1.29, 1.82) is 0 Å². The lowest BCUT2D eigenvalue weighted by Crippen LogP contribution is -2.26. The molecule has 9 heteroatoms. The molecule has 2 aromatic heterocycles. The number of sulfonamides is 1. The lowest BCUT2D eigenvalue weighted by atomic mass is 10.3. The van der Waals surface area contributed by atoms with Crippen molar-refractivity contribution >= 4 is 44.6 Å². The molecule has 0 atom stereocenters. The van der Waals surface area contributed by atoms with Crippen LogP contribution in [0.25, 0.3) is 10.7 Å². The number of halogens is 2. The maximum Gasteiger partial charge on any atom is 0.240 e. The van der Waals surface area contributed by atoms with Crippen molar-refractivity contribution in [3.05, 3.63) is 63.7 Å². The number of nitrogens with zero attached hydrogens (tertiary/aromatic N) is 2. The number of rotatable bonds is 6. The van der Waals surface area contributed by atoms with E-state index in [1.165, 1.54) is 29.5 Å². The molecule has 0 aliphatic heterocycles. The van der Waals surface area contributed by atoms with Gasteiger partial charge in [0.1, 0.15) is 5.01 Å². The third-order valence-electron chi connectivity index (χ3n) is 3.31. The van der Waals surface area contributed by atoms with Gasteiger partial charge in [0.05, 0.1) is 26.3 Å². The number of hydrogen-bond donors (Lipinski definition) is 1. The Morgan fingerprint density at radius 1 is 1.12 bits per heavy atom. The van der Waals surface area contributed by atoms with Crippen LogP contribution in [0.2, 0.25) is 10.0 Å². The number of pyridine rings is 1. The maximum absolute atomic E-state index is 12.3. The van der Waals surface area contributed by atoms with Gasteiger partial charge in [0.2, 0.25) is 10.0 Å². The van der Waals surface area contributed by atoms with Crippen LogP contribution in [-0.4, -0.2) is 24.9 Å². The lowest BCUT2D eigenvalue weighted by Gasteiger charge is -2.07. The summed E-state index contributed by atoms with van der Waals surface area (Å²) in [5.74, 6) is 0. The highest BCUT2D eigenvalue weighted by molar-refractivity contribution is 7.89. The zero-order valence-electron chi connectivity index (χ0n) is 12.8. The van der Waals surface area contributed by atoms with E-state index in [2.05, 4.69) is 14.7 Å². The molecule has 1 N–H and O–H groups in total. The second-order valence-electron chi connectivity index (χ2n) is 5.08. The van der Waals surface area contributed by atoms with Crippen LogP contribution in [0.4, 0.5) is 0 Å². The van der Waals surface area contributed by atoms with Crippen molar-refractivity contribution in [2.75, 3.05) is 6.54 Å². The molecule has 5 nitrogen and oxygen atoms in total. The summed E-state index contributed by atoms with van der Waals surface area (Å²) in [6, 6.07) is 9.82. The Hall–Kier alpha value is -1.51. The Morgan fingerprint density at radius 2 is 1.96 bits per heavy atom. The molecule has 0 bridgehead atoms. The zero-order chi connectivity index (χ0) is 17.9. The van der Waals surface area contributed by atoms with Crippen LogP contribution in [0.1, 0.15) is 5.69 Å². The first-order valence-corrected chi connectivity index (χ1v) is 10.4. The number of benzene rings is 1. The Kier molecular flexibility index (Phi) is 5.71. The average molecular weight is 414 g/mol. The van der Waals surface area contributed by atoms with Crippen LogP contribution < -0.4 is 4.72 Å². The molecule has 130 valence electrons. The van der Waals surface area contributed by atoms with Crippen molar-refractivity contribution in [3.63, 3.8) is 0 Å². The molecule has 1 aromatic carbocycles. The molecule has 0 spiro atoms. The second-order valence-corrected chi connectivity index (χ2v) is 8.52. The average Bonchev–Trinajstić information content (AvgIpc) is 3.07. The van der Waals surface area contributed by atoms with Crippen molar-refractivity contribution < 1.29 is 8.42 Å². The number of nitrogens with one attached hydrogen (secondary N) is 1. The maximum atomic E-state index is 12.3. The summed E-state index contributed by atoms with van der Waals surface area (Å²) in [7, 11) is -3.64. The lowest BCUT2D eigenvalue weighted by molar-refractivity contribution is 0.581. The van der Waals surface area contributed by atoms with E-state index >= 15 is 0 Å². The zero-order valence-corrected chi connectivity index (χ0v) is 16.0. The Balaban J connectivity index is 1.63. The van der Waals surface area contributed by atoms with E-state index in [1.54, 1.807) is 6.20 Å². The van der Waals surface area contributed by atoms with Gasteiger partial charge in [-0.3, -0.25) is 4.98 Å². The van der Waals surface area contributed by atoms with Gasteiger partial charge in [0.15, 0.2) is 0 Å².